The first-order valence-electron chi connectivity index (χ1n) is 8.79. The van der Waals surface area contributed by atoms with Crippen LogP contribution in [0.3, 0.4) is 0 Å². The van der Waals surface area contributed by atoms with Gasteiger partial charge in [0.2, 0.25) is 11.1 Å². The number of fused-ring (bicyclic) bond motifs is 2. The van der Waals surface area contributed by atoms with Crippen LogP contribution < -0.4 is 21.2 Å². The average molecular weight is 359 g/mol. The van der Waals surface area contributed by atoms with Crippen molar-refractivity contribution >= 4 is 28.0 Å². The summed E-state index contributed by atoms with van der Waals surface area (Å²) < 4.78 is 21.8. The number of pyridine rings is 2. The van der Waals surface area contributed by atoms with Gasteiger partial charge in [0.05, 0.1) is 5.39 Å². The SMILES string of the molecule is CC1CN(c2nc3c(cc2F)c(=O)c2c(=O)[nH]oc2n3C2CC2)CCN1. The molecule has 0 bridgehead atoms. The fourth-order valence-corrected chi connectivity index (χ4v) is 3.73. The van der Waals surface area contributed by atoms with E-state index in [2.05, 4.69) is 15.5 Å². The van der Waals surface area contributed by atoms with Crippen LogP contribution >= 0.6 is 0 Å². The second-order valence-electron chi connectivity index (χ2n) is 7.11. The van der Waals surface area contributed by atoms with Gasteiger partial charge in [0.15, 0.2) is 17.0 Å². The number of aromatic amines is 1. The molecule has 3 aromatic heterocycles. The zero-order valence-electron chi connectivity index (χ0n) is 14.2. The Labute approximate surface area is 146 Å². The number of aromatic nitrogens is 3. The Bertz CT molecular complexity index is 1140. The number of rotatable bonds is 2. The second-order valence-corrected chi connectivity index (χ2v) is 7.11. The highest BCUT2D eigenvalue weighted by molar-refractivity contribution is 5.90. The standard InChI is InChI=1S/C17H18FN5O3/c1-8-7-22(5-4-19-8)15-11(18)6-10-13(24)12-16(25)21-26-17(12)23(9-2-3-9)14(10)20-15/h6,8-9,19H,2-5,7H2,1H3,(H,21,25). The molecule has 1 atom stereocenters. The van der Waals surface area contributed by atoms with E-state index in [9.17, 15) is 14.0 Å². The molecule has 4 heterocycles. The highest BCUT2D eigenvalue weighted by atomic mass is 19.1. The molecule has 5 rings (SSSR count). The Morgan fingerprint density at radius 2 is 2.15 bits per heavy atom. The van der Waals surface area contributed by atoms with Crippen molar-refractivity contribution in [3.05, 3.63) is 32.5 Å². The number of nitrogens with one attached hydrogen (secondary N) is 2. The van der Waals surface area contributed by atoms with Gasteiger partial charge in [0.25, 0.3) is 5.56 Å². The molecule has 0 spiro atoms. The number of halogens is 1. The quantitative estimate of drug-likeness (QED) is 0.711. The van der Waals surface area contributed by atoms with Gasteiger partial charge in [-0.25, -0.2) is 9.37 Å². The molecule has 1 aliphatic heterocycles. The highest BCUT2D eigenvalue weighted by Crippen LogP contribution is 2.39. The molecule has 0 aromatic carbocycles. The van der Waals surface area contributed by atoms with E-state index >= 15 is 0 Å². The first-order valence-corrected chi connectivity index (χ1v) is 8.79. The summed E-state index contributed by atoms with van der Waals surface area (Å²) in [6.45, 7) is 4.03. The van der Waals surface area contributed by atoms with E-state index in [1.165, 1.54) is 6.07 Å². The molecule has 136 valence electrons. The lowest BCUT2D eigenvalue weighted by Crippen LogP contribution is -2.49. The highest BCUT2D eigenvalue weighted by Gasteiger charge is 2.31. The molecule has 9 heteroatoms. The molecular weight excluding hydrogens is 341 g/mol. The van der Waals surface area contributed by atoms with Crippen molar-refractivity contribution in [1.29, 1.82) is 0 Å². The number of nitrogens with zero attached hydrogens (tertiary/aromatic N) is 3. The summed E-state index contributed by atoms with van der Waals surface area (Å²) in [4.78, 5) is 31.1. The largest absolute Gasteiger partial charge is 0.360 e. The molecule has 2 fully saturated rings. The van der Waals surface area contributed by atoms with Crippen LogP contribution in [-0.4, -0.2) is 40.4 Å². The van der Waals surface area contributed by atoms with E-state index in [-0.39, 0.29) is 34.4 Å². The van der Waals surface area contributed by atoms with Gasteiger partial charge in [-0.3, -0.25) is 14.2 Å². The molecule has 2 N–H and O–H groups in total. The van der Waals surface area contributed by atoms with E-state index in [1.807, 2.05) is 11.8 Å². The first-order chi connectivity index (χ1) is 12.5. The van der Waals surface area contributed by atoms with E-state index in [0.717, 1.165) is 19.4 Å². The van der Waals surface area contributed by atoms with Gasteiger partial charge in [-0.15, -0.1) is 0 Å². The molecule has 1 unspecified atom stereocenters. The Morgan fingerprint density at radius 3 is 2.88 bits per heavy atom. The van der Waals surface area contributed by atoms with E-state index in [1.54, 1.807) is 4.57 Å². The van der Waals surface area contributed by atoms with Crippen molar-refractivity contribution < 1.29 is 8.91 Å². The Morgan fingerprint density at radius 1 is 1.35 bits per heavy atom. The van der Waals surface area contributed by atoms with Crippen LogP contribution in [0.1, 0.15) is 25.8 Å². The molecule has 1 saturated carbocycles. The number of H-pyrrole nitrogens is 1. The van der Waals surface area contributed by atoms with Crippen molar-refractivity contribution in [2.45, 2.75) is 31.8 Å². The summed E-state index contributed by atoms with van der Waals surface area (Å²) in [7, 11) is 0. The molecule has 1 saturated heterocycles. The maximum atomic E-state index is 14.8. The summed E-state index contributed by atoms with van der Waals surface area (Å²) in [5.41, 5.74) is -0.584. The molecular formula is C17H18FN5O3. The van der Waals surface area contributed by atoms with Crippen molar-refractivity contribution in [3.8, 4) is 0 Å². The van der Waals surface area contributed by atoms with Gasteiger partial charge in [-0.05, 0) is 25.8 Å². The lowest BCUT2D eigenvalue weighted by atomic mass is 10.2. The number of hydrogen-bond acceptors (Lipinski definition) is 6. The van der Waals surface area contributed by atoms with Crippen LogP contribution in [-0.2, 0) is 0 Å². The van der Waals surface area contributed by atoms with Crippen molar-refractivity contribution in [2.75, 3.05) is 24.5 Å². The third-order valence-corrected chi connectivity index (χ3v) is 5.12. The van der Waals surface area contributed by atoms with Crippen LogP contribution in [0, 0.1) is 5.82 Å². The Hall–Kier alpha value is -2.68. The Balaban J connectivity index is 1.82. The number of anilines is 1. The smallest absolute Gasteiger partial charge is 0.293 e. The minimum Gasteiger partial charge on any atom is -0.360 e. The summed E-state index contributed by atoms with van der Waals surface area (Å²) >= 11 is 0. The summed E-state index contributed by atoms with van der Waals surface area (Å²) in [5.74, 6) is -0.317. The molecule has 1 aliphatic carbocycles. The zero-order valence-corrected chi connectivity index (χ0v) is 14.2. The normalized spacial score (nSPS) is 21.0. The predicted octanol–water partition coefficient (Wildman–Crippen LogP) is 1.10. The zero-order chi connectivity index (χ0) is 18.0. The van der Waals surface area contributed by atoms with Crippen molar-refractivity contribution in [3.63, 3.8) is 0 Å². The second kappa shape index (κ2) is 5.41. The predicted molar refractivity (Wildman–Crippen MR) is 94.3 cm³/mol. The number of piperazine rings is 1. The fourth-order valence-electron chi connectivity index (χ4n) is 3.73. The minimum absolute atomic E-state index is 0.0749. The van der Waals surface area contributed by atoms with Gasteiger partial charge in [-0.2, -0.15) is 5.16 Å². The van der Waals surface area contributed by atoms with Gasteiger partial charge in [-0.1, -0.05) is 0 Å². The van der Waals surface area contributed by atoms with Crippen molar-refractivity contribution in [1.82, 2.24) is 20.0 Å². The van der Waals surface area contributed by atoms with Crippen LogP contribution in [0.5, 0.6) is 0 Å². The third kappa shape index (κ3) is 2.20. The molecule has 0 amide bonds. The van der Waals surface area contributed by atoms with Gasteiger partial charge in [0, 0.05) is 31.7 Å². The summed E-state index contributed by atoms with van der Waals surface area (Å²) in [6, 6.07) is 1.53. The lowest BCUT2D eigenvalue weighted by Gasteiger charge is -2.33. The van der Waals surface area contributed by atoms with Crippen LogP contribution in [0.4, 0.5) is 10.2 Å². The minimum atomic E-state index is -0.596. The van der Waals surface area contributed by atoms with Crippen LogP contribution in [0.25, 0.3) is 22.1 Å². The maximum Gasteiger partial charge on any atom is 0.293 e. The third-order valence-electron chi connectivity index (χ3n) is 5.12. The monoisotopic (exact) mass is 359 g/mol. The Kier molecular flexibility index (Phi) is 3.24. The van der Waals surface area contributed by atoms with E-state index in [4.69, 9.17) is 4.52 Å². The molecule has 26 heavy (non-hydrogen) atoms. The van der Waals surface area contributed by atoms with Crippen molar-refractivity contribution in [2.24, 2.45) is 0 Å². The molecule has 0 radical (unpaired) electrons. The maximum absolute atomic E-state index is 14.8. The summed E-state index contributed by atoms with van der Waals surface area (Å²) in [5, 5.41) is 5.57. The summed E-state index contributed by atoms with van der Waals surface area (Å²) in [6.07, 6.45) is 1.81. The molecule has 3 aromatic rings. The number of hydrogen-bond donors (Lipinski definition) is 2. The topological polar surface area (TPSA) is 96.2 Å². The van der Waals surface area contributed by atoms with E-state index in [0.29, 0.717) is 18.7 Å². The van der Waals surface area contributed by atoms with Gasteiger partial charge < -0.3 is 14.7 Å². The average Bonchev–Trinajstić information content (AvgIpc) is 3.38. The molecule has 8 nitrogen and oxygen atoms in total. The van der Waals surface area contributed by atoms with Gasteiger partial charge in [0.1, 0.15) is 5.65 Å². The van der Waals surface area contributed by atoms with E-state index < -0.39 is 16.8 Å². The van der Waals surface area contributed by atoms with Crippen LogP contribution in [0.2, 0.25) is 0 Å². The first kappa shape index (κ1) is 15.6. The lowest BCUT2D eigenvalue weighted by molar-refractivity contribution is 0.428. The van der Waals surface area contributed by atoms with Gasteiger partial charge >= 0.3 is 0 Å². The molecule has 2 aliphatic rings. The van der Waals surface area contributed by atoms with Crippen LogP contribution in [0.15, 0.2) is 20.2 Å². The fraction of sp³-hybridized carbons (Fsp3) is 0.471.